The van der Waals surface area contributed by atoms with Gasteiger partial charge in [-0.1, -0.05) is 0 Å². The van der Waals surface area contributed by atoms with E-state index in [9.17, 15) is 0 Å². The zero-order chi connectivity index (χ0) is 8.39. The molecular weight excluding hydrogens is 152 g/mol. The number of hydrogen-bond acceptors (Lipinski definition) is 3. The Balaban J connectivity index is 2.06. The van der Waals surface area contributed by atoms with Gasteiger partial charge in [0.25, 0.3) is 0 Å². The largest absolute Gasteiger partial charge is 0.473 e. The zero-order valence-corrected chi connectivity index (χ0v) is 7.16. The maximum atomic E-state index is 5.61. The van der Waals surface area contributed by atoms with E-state index < -0.39 is 0 Å². The summed E-state index contributed by atoms with van der Waals surface area (Å²) in [5.41, 5.74) is 0.879. The van der Waals surface area contributed by atoms with Crippen molar-refractivity contribution in [2.45, 2.75) is 32.3 Å². The summed E-state index contributed by atoms with van der Waals surface area (Å²) in [6, 6.07) is 0. The molecule has 1 aliphatic rings. The van der Waals surface area contributed by atoms with Gasteiger partial charge in [-0.25, -0.2) is 4.98 Å². The number of aryl methyl sites for hydroxylation is 1. The molecule has 2 rings (SSSR count). The molecule has 0 amide bonds. The second-order valence-corrected chi connectivity index (χ2v) is 3.12. The van der Waals surface area contributed by atoms with Crippen LogP contribution in [0, 0.1) is 6.92 Å². The molecular formula is C9H12N2O. The molecule has 1 fully saturated rings. The standard InChI is InChI=1S/C9H12N2O/c1-7-9(11-6-5-10-7)12-8-3-2-4-8/h5-6,8H,2-4H2,1H3. The molecule has 0 bridgehead atoms. The second kappa shape index (κ2) is 3.09. The van der Waals surface area contributed by atoms with Crippen molar-refractivity contribution in [3.05, 3.63) is 18.1 Å². The molecule has 0 saturated heterocycles. The summed E-state index contributed by atoms with van der Waals surface area (Å²) in [6.45, 7) is 1.92. The van der Waals surface area contributed by atoms with E-state index >= 15 is 0 Å². The SMILES string of the molecule is Cc1nccnc1OC1CCC1. The Bertz CT molecular complexity index is 271. The maximum absolute atomic E-state index is 5.61. The fourth-order valence-electron chi connectivity index (χ4n) is 1.16. The van der Waals surface area contributed by atoms with Gasteiger partial charge in [0.15, 0.2) is 0 Å². The van der Waals surface area contributed by atoms with Crippen LogP contribution in [0.25, 0.3) is 0 Å². The lowest BCUT2D eigenvalue weighted by molar-refractivity contribution is 0.113. The van der Waals surface area contributed by atoms with Crippen LogP contribution in [-0.4, -0.2) is 16.1 Å². The molecule has 12 heavy (non-hydrogen) atoms. The van der Waals surface area contributed by atoms with E-state index in [-0.39, 0.29) is 0 Å². The van der Waals surface area contributed by atoms with Gasteiger partial charge in [-0.2, -0.15) is 0 Å². The van der Waals surface area contributed by atoms with Crippen LogP contribution >= 0.6 is 0 Å². The average Bonchev–Trinajstić information content (AvgIpc) is 2.00. The van der Waals surface area contributed by atoms with Gasteiger partial charge in [-0.3, -0.25) is 4.98 Å². The van der Waals surface area contributed by atoms with Crippen molar-refractivity contribution in [1.29, 1.82) is 0 Å². The normalized spacial score (nSPS) is 17.1. The van der Waals surface area contributed by atoms with Crippen LogP contribution < -0.4 is 4.74 Å². The van der Waals surface area contributed by atoms with E-state index in [0.717, 1.165) is 18.5 Å². The third-order valence-electron chi connectivity index (χ3n) is 2.17. The molecule has 1 aliphatic carbocycles. The van der Waals surface area contributed by atoms with Crippen LogP contribution in [0.4, 0.5) is 0 Å². The average molecular weight is 164 g/mol. The lowest BCUT2D eigenvalue weighted by Gasteiger charge is -2.25. The van der Waals surface area contributed by atoms with Gasteiger partial charge in [-0.15, -0.1) is 0 Å². The number of aromatic nitrogens is 2. The summed E-state index contributed by atoms with van der Waals surface area (Å²) in [5.74, 6) is 0.696. The minimum Gasteiger partial charge on any atom is -0.473 e. The van der Waals surface area contributed by atoms with Crippen LogP contribution in [0.1, 0.15) is 25.0 Å². The van der Waals surface area contributed by atoms with Crippen molar-refractivity contribution in [2.75, 3.05) is 0 Å². The number of ether oxygens (including phenoxy) is 1. The summed E-state index contributed by atoms with van der Waals surface area (Å²) in [5, 5.41) is 0. The monoisotopic (exact) mass is 164 g/mol. The first-order chi connectivity index (χ1) is 5.86. The summed E-state index contributed by atoms with van der Waals surface area (Å²) < 4.78 is 5.61. The first-order valence-corrected chi connectivity index (χ1v) is 4.30. The van der Waals surface area contributed by atoms with Gasteiger partial charge < -0.3 is 4.74 Å². The molecule has 3 nitrogen and oxygen atoms in total. The Morgan fingerprint density at radius 2 is 2.08 bits per heavy atom. The molecule has 0 radical (unpaired) electrons. The predicted molar refractivity (Wildman–Crippen MR) is 45.0 cm³/mol. The van der Waals surface area contributed by atoms with Crippen molar-refractivity contribution in [1.82, 2.24) is 9.97 Å². The summed E-state index contributed by atoms with van der Waals surface area (Å²) in [6.07, 6.45) is 7.35. The lowest BCUT2D eigenvalue weighted by atomic mass is 9.96. The van der Waals surface area contributed by atoms with Crippen molar-refractivity contribution >= 4 is 0 Å². The Labute approximate surface area is 71.8 Å². The minimum atomic E-state index is 0.389. The highest BCUT2D eigenvalue weighted by atomic mass is 16.5. The number of nitrogens with zero attached hydrogens (tertiary/aromatic N) is 2. The molecule has 1 aromatic heterocycles. The number of rotatable bonds is 2. The van der Waals surface area contributed by atoms with Gasteiger partial charge in [-0.05, 0) is 26.2 Å². The van der Waals surface area contributed by atoms with E-state index in [0.29, 0.717) is 12.0 Å². The number of hydrogen-bond donors (Lipinski definition) is 0. The zero-order valence-electron chi connectivity index (χ0n) is 7.16. The quantitative estimate of drug-likeness (QED) is 0.667. The van der Waals surface area contributed by atoms with Gasteiger partial charge >= 0.3 is 0 Å². The van der Waals surface area contributed by atoms with E-state index in [1.165, 1.54) is 6.42 Å². The van der Waals surface area contributed by atoms with E-state index in [1.54, 1.807) is 12.4 Å². The van der Waals surface area contributed by atoms with E-state index in [4.69, 9.17) is 4.74 Å². The molecule has 1 saturated carbocycles. The van der Waals surface area contributed by atoms with Crippen LogP contribution in [0.3, 0.4) is 0 Å². The Kier molecular flexibility index (Phi) is 1.94. The van der Waals surface area contributed by atoms with Crippen molar-refractivity contribution in [3.63, 3.8) is 0 Å². The molecule has 1 heterocycles. The maximum Gasteiger partial charge on any atom is 0.235 e. The van der Waals surface area contributed by atoms with Crippen molar-refractivity contribution < 1.29 is 4.74 Å². The summed E-state index contributed by atoms with van der Waals surface area (Å²) >= 11 is 0. The van der Waals surface area contributed by atoms with E-state index in [2.05, 4.69) is 9.97 Å². The first kappa shape index (κ1) is 7.53. The molecule has 0 aromatic carbocycles. The fourth-order valence-corrected chi connectivity index (χ4v) is 1.16. The second-order valence-electron chi connectivity index (χ2n) is 3.12. The molecule has 3 heteroatoms. The highest BCUT2D eigenvalue weighted by molar-refractivity contribution is 5.15. The topological polar surface area (TPSA) is 35.0 Å². The van der Waals surface area contributed by atoms with Crippen LogP contribution in [-0.2, 0) is 0 Å². The molecule has 0 unspecified atom stereocenters. The van der Waals surface area contributed by atoms with Gasteiger partial charge in [0.2, 0.25) is 5.88 Å². The third kappa shape index (κ3) is 1.40. The minimum absolute atomic E-state index is 0.389. The van der Waals surface area contributed by atoms with Gasteiger partial charge in [0, 0.05) is 12.4 Å². The third-order valence-corrected chi connectivity index (χ3v) is 2.17. The molecule has 1 aromatic rings. The summed E-state index contributed by atoms with van der Waals surface area (Å²) in [4.78, 5) is 8.22. The highest BCUT2D eigenvalue weighted by Gasteiger charge is 2.20. The Hall–Kier alpha value is -1.12. The highest BCUT2D eigenvalue weighted by Crippen LogP contribution is 2.24. The lowest BCUT2D eigenvalue weighted by Crippen LogP contribution is -2.25. The molecule has 0 atom stereocenters. The first-order valence-electron chi connectivity index (χ1n) is 4.30. The molecule has 0 N–H and O–H groups in total. The van der Waals surface area contributed by atoms with Crippen LogP contribution in [0.2, 0.25) is 0 Å². The van der Waals surface area contributed by atoms with Gasteiger partial charge in [0.05, 0.1) is 5.69 Å². The Morgan fingerprint density at radius 1 is 1.33 bits per heavy atom. The Morgan fingerprint density at radius 3 is 2.67 bits per heavy atom. The van der Waals surface area contributed by atoms with Crippen molar-refractivity contribution in [2.24, 2.45) is 0 Å². The summed E-state index contributed by atoms with van der Waals surface area (Å²) in [7, 11) is 0. The van der Waals surface area contributed by atoms with Gasteiger partial charge in [0.1, 0.15) is 6.10 Å². The van der Waals surface area contributed by atoms with Crippen LogP contribution in [0.5, 0.6) is 5.88 Å². The van der Waals surface area contributed by atoms with E-state index in [1.807, 2.05) is 6.92 Å². The molecule has 0 aliphatic heterocycles. The molecule has 64 valence electrons. The van der Waals surface area contributed by atoms with Crippen LogP contribution in [0.15, 0.2) is 12.4 Å². The molecule has 0 spiro atoms. The van der Waals surface area contributed by atoms with Crippen molar-refractivity contribution in [3.8, 4) is 5.88 Å². The predicted octanol–water partition coefficient (Wildman–Crippen LogP) is 1.72. The smallest absolute Gasteiger partial charge is 0.235 e. The fraction of sp³-hybridized carbons (Fsp3) is 0.556.